The van der Waals surface area contributed by atoms with Gasteiger partial charge in [-0.1, -0.05) is 24.3 Å². The van der Waals surface area contributed by atoms with E-state index in [1.807, 2.05) is 11.0 Å². The van der Waals surface area contributed by atoms with Crippen LogP contribution in [0.25, 0.3) is 0 Å². The standard InChI is InChI=1S/C18H26N2O3/c21-18(19-8-3-10-22-13-15-7-11-23-14-15)20-9-6-16-4-1-2-5-17(16)12-20/h1-2,4-5,15H,3,6-14H2,(H,19,21)/t15-/m1/s1. The molecule has 3 rings (SSSR count). The van der Waals surface area contributed by atoms with Gasteiger partial charge in [0.15, 0.2) is 0 Å². The van der Waals surface area contributed by atoms with Gasteiger partial charge in [-0.25, -0.2) is 4.79 Å². The van der Waals surface area contributed by atoms with Crippen LogP contribution in [0.5, 0.6) is 0 Å². The lowest BCUT2D eigenvalue weighted by Crippen LogP contribution is -2.43. The summed E-state index contributed by atoms with van der Waals surface area (Å²) >= 11 is 0. The van der Waals surface area contributed by atoms with Crippen molar-refractivity contribution in [3.8, 4) is 0 Å². The molecule has 0 unspecified atom stereocenters. The van der Waals surface area contributed by atoms with Crippen molar-refractivity contribution in [2.75, 3.05) is 39.5 Å². The van der Waals surface area contributed by atoms with E-state index >= 15 is 0 Å². The fourth-order valence-corrected chi connectivity index (χ4v) is 3.12. The molecular formula is C18H26N2O3. The Kier molecular flexibility index (Phi) is 5.88. The second-order valence-corrected chi connectivity index (χ2v) is 6.33. The van der Waals surface area contributed by atoms with Crippen LogP contribution < -0.4 is 5.32 Å². The molecule has 5 nitrogen and oxygen atoms in total. The fraction of sp³-hybridized carbons (Fsp3) is 0.611. The van der Waals surface area contributed by atoms with Gasteiger partial charge in [-0.05, 0) is 30.4 Å². The van der Waals surface area contributed by atoms with E-state index in [1.54, 1.807) is 0 Å². The first kappa shape index (κ1) is 16.3. The van der Waals surface area contributed by atoms with Crippen molar-refractivity contribution in [1.82, 2.24) is 10.2 Å². The van der Waals surface area contributed by atoms with Gasteiger partial charge in [0.25, 0.3) is 0 Å². The van der Waals surface area contributed by atoms with Gasteiger partial charge in [0.1, 0.15) is 0 Å². The Morgan fingerprint density at radius 2 is 2.22 bits per heavy atom. The first-order valence-corrected chi connectivity index (χ1v) is 8.58. The predicted octanol–water partition coefficient (Wildman–Crippen LogP) is 2.20. The molecule has 2 aliphatic heterocycles. The zero-order chi connectivity index (χ0) is 15.9. The van der Waals surface area contributed by atoms with Crippen LogP contribution in [0.1, 0.15) is 24.0 Å². The maximum Gasteiger partial charge on any atom is 0.317 e. The summed E-state index contributed by atoms with van der Waals surface area (Å²) in [5, 5.41) is 2.99. The van der Waals surface area contributed by atoms with Crippen LogP contribution in [0.3, 0.4) is 0 Å². The van der Waals surface area contributed by atoms with E-state index < -0.39 is 0 Å². The number of ether oxygens (including phenoxy) is 2. The fourth-order valence-electron chi connectivity index (χ4n) is 3.12. The van der Waals surface area contributed by atoms with Crippen LogP contribution in [-0.2, 0) is 22.4 Å². The highest BCUT2D eigenvalue weighted by Gasteiger charge is 2.19. The Hall–Kier alpha value is -1.59. The number of carbonyl (C=O) groups is 1. The average molecular weight is 318 g/mol. The largest absolute Gasteiger partial charge is 0.381 e. The van der Waals surface area contributed by atoms with Crippen LogP contribution in [0.15, 0.2) is 24.3 Å². The van der Waals surface area contributed by atoms with Crippen molar-refractivity contribution in [2.24, 2.45) is 5.92 Å². The molecule has 2 aliphatic rings. The van der Waals surface area contributed by atoms with Crippen molar-refractivity contribution in [3.63, 3.8) is 0 Å². The third kappa shape index (κ3) is 4.69. The molecule has 0 radical (unpaired) electrons. The lowest BCUT2D eigenvalue weighted by Gasteiger charge is -2.29. The van der Waals surface area contributed by atoms with Gasteiger partial charge < -0.3 is 19.7 Å². The van der Waals surface area contributed by atoms with Crippen LogP contribution in [0, 0.1) is 5.92 Å². The van der Waals surface area contributed by atoms with Crippen LogP contribution in [0.2, 0.25) is 0 Å². The molecule has 0 aromatic heterocycles. The number of carbonyl (C=O) groups excluding carboxylic acids is 1. The Labute approximate surface area is 137 Å². The average Bonchev–Trinajstić information content (AvgIpc) is 3.10. The van der Waals surface area contributed by atoms with Crippen molar-refractivity contribution in [1.29, 1.82) is 0 Å². The minimum Gasteiger partial charge on any atom is -0.381 e. The molecule has 0 bridgehead atoms. The third-order valence-corrected chi connectivity index (χ3v) is 4.54. The van der Waals surface area contributed by atoms with Gasteiger partial charge in [-0.2, -0.15) is 0 Å². The smallest absolute Gasteiger partial charge is 0.317 e. The molecule has 0 aliphatic carbocycles. The Bertz CT molecular complexity index is 515. The topological polar surface area (TPSA) is 50.8 Å². The number of nitrogens with zero attached hydrogens (tertiary/aromatic N) is 1. The third-order valence-electron chi connectivity index (χ3n) is 4.54. The highest BCUT2D eigenvalue weighted by atomic mass is 16.5. The van der Waals surface area contributed by atoms with E-state index in [2.05, 4.69) is 23.5 Å². The summed E-state index contributed by atoms with van der Waals surface area (Å²) in [5.74, 6) is 0.554. The summed E-state index contributed by atoms with van der Waals surface area (Å²) in [6, 6.07) is 8.38. The van der Waals surface area contributed by atoms with Gasteiger partial charge in [-0.3, -0.25) is 0 Å². The van der Waals surface area contributed by atoms with E-state index in [-0.39, 0.29) is 6.03 Å². The molecule has 1 aromatic carbocycles. The molecular weight excluding hydrogens is 292 g/mol. The SMILES string of the molecule is O=C(NCCCOC[C@H]1CCOC1)N1CCc2ccccc2C1. The predicted molar refractivity (Wildman–Crippen MR) is 88.3 cm³/mol. The number of hydrogen-bond donors (Lipinski definition) is 1. The second-order valence-electron chi connectivity index (χ2n) is 6.33. The van der Waals surface area contributed by atoms with Crippen molar-refractivity contribution < 1.29 is 14.3 Å². The van der Waals surface area contributed by atoms with Crippen LogP contribution in [0.4, 0.5) is 4.79 Å². The van der Waals surface area contributed by atoms with E-state index in [0.717, 1.165) is 45.6 Å². The van der Waals surface area contributed by atoms with Gasteiger partial charge >= 0.3 is 6.03 Å². The number of fused-ring (bicyclic) bond motifs is 1. The zero-order valence-corrected chi connectivity index (χ0v) is 13.6. The molecule has 2 amide bonds. The lowest BCUT2D eigenvalue weighted by atomic mass is 10.0. The summed E-state index contributed by atoms with van der Waals surface area (Å²) < 4.78 is 11.0. The minimum absolute atomic E-state index is 0.0312. The number of nitrogens with one attached hydrogen (secondary N) is 1. The molecule has 1 atom stereocenters. The van der Waals surface area contributed by atoms with E-state index in [0.29, 0.717) is 25.6 Å². The van der Waals surface area contributed by atoms with Crippen molar-refractivity contribution >= 4 is 6.03 Å². The Balaban J connectivity index is 1.29. The maximum atomic E-state index is 12.2. The van der Waals surface area contributed by atoms with Gasteiger partial charge in [0.2, 0.25) is 0 Å². The summed E-state index contributed by atoms with van der Waals surface area (Å²) in [7, 11) is 0. The van der Waals surface area contributed by atoms with E-state index in [9.17, 15) is 4.79 Å². The van der Waals surface area contributed by atoms with Crippen LogP contribution >= 0.6 is 0 Å². The molecule has 1 aromatic rings. The Morgan fingerprint density at radius 3 is 3.04 bits per heavy atom. The van der Waals surface area contributed by atoms with E-state index in [4.69, 9.17) is 9.47 Å². The lowest BCUT2D eigenvalue weighted by molar-refractivity contribution is 0.0882. The number of rotatable bonds is 6. The van der Waals surface area contributed by atoms with Crippen LogP contribution in [-0.4, -0.2) is 50.4 Å². The van der Waals surface area contributed by atoms with Crippen molar-refractivity contribution in [2.45, 2.75) is 25.8 Å². The minimum atomic E-state index is 0.0312. The number of urea groups is 1. The summed E-state index contributed by atoms with van der Waals surface area (Å²) in [6.45, 7) is 5.33. The maximum absolute atomic E-state index is 12.2. The van der Waals surface area contributed by atoms with Gasteiger partial charge in [-0.15, -0.1) is 0 Å². The molecule has 1 N–H and O–H groups in total. The molecule has 1 fully saturated rings. The molecule has 5 heteroatoms. The zero-order valence-electron chi connectivity index (χ0n) is 13.6. The molecule has 126 valence electrons. The molecule has 2 heterocycles. The second kappa shape index (κ2) is 8.31. The summed E-state index contributed by atoms with van der Waals surface area (Å²) in [4.78, 5) is 14.1. The first-order chi connectivity index (χ1) is 11.3. The van der Waals surface area contributed by atoms with Gasteiger partial charge in [0.05, 0.1) is 13.2 Å². The highest BCUT2D eigenvalue weighted by molar-refractivity contribution is 5.74. The molecule has 0 saturated carbocycles. The Morgan fingerprint density at radius 1 is 1.35 bits per heavy atom. The molecule has 1 saturated heterocycles. The van der Waals surface area contributed by atoms with Crippen molar-refractivity contribution in [3.05, 3.63) is 35.4 Å². The number of hydrogen-bond acceptors (Lipinski definition) is 3. The van der Waals surface area contributed by atoms with Gasteiger partial charge in [0, 0.05) is 38.8 Å². The molecule has 0 spiro atoms. The number of benzene rings is 1. The number of amides is 2. The summed E-state index contributed by atoms with van der Waals surface area (Å²) in [5.41, 5.74) is 2.62. The quantitative estimate of drug-likeness (QED) is 0.818. The van der Waals surface area contributed by atoms with E-state index in [1.165, 1.54) is 11.1 Å². The summed E-state index contributed by atoms with van der Waals surface area (Å²) in [6.07, 6.45) is 2.90. The first-order valence-electron chi connectivity index (χ1n) is 8.58. The monoisotopic (exact) mass is 318 g/mol. The normalized spacial score (nSPS) is 20.3. The highest BCUT2D eigenvalue weighted by Crippen LogP contribution is 2.18. The molecule has 23 heavy (non-hydrogen) atoms.